The van der Waals surface area contributed by atoms with E-state index in [0.29, 0.717) is 18.1 Å². The molecule has 0 spiro atoms. The summed E-state index contributed by atoms with van der Waals surface area (Å²) in [5.74, 6) is 0.260. The van der Waals surface area contributed by atoms with Gasteiger partial charge in [-0.2, -0.15) is 0 Å². The number of ether oxygens (including phenoxy) is 1. The van der Waals surface area contributed by atoms with Gasteiger partial charge >= 0.3 is 0 Å². The highest BCUT2D eigenvalue weighted by atomic mass is 35.5. The topological polar surface area (TPSA) is 76.1 Å². The van der Waals surface area contributed by atoms with Crippen molar-refractivity contribution in [1.29, 1.82) is 0 Å². The van der Waals surface area contributed by atoms with E-state index in [0.717, 1.165) is 11.3 Å². The van der Waals surface area contributed by atoms with Gasteiger partial charge in [0, 0.05) is 17.8 Å². The van der Waals surface area contributed by atoms with Crippen LogP contribution in [0.3, 0.4) is 0 Å². The van der Waals surface area contributed by atoms with Crippen LogP contribution in [0.15, 0.2) is 54.6 Å². The molecule has 6 nitrogen and oxygen atoms in total. The summed E-state index contributed by atoms with van der Waals surface area (Å²) in [5, 5.41) is 13.5. The number of hydrogen-bond donors (Lipinski definition) is 2. The zero-order valence-electron chi connectivity index (χ0n) is 14.4. The minimum atomic E-state index is -0.556. The van der Waals surface area contributed by atoms with Crippen molar-refractivity contribution in [3.05, 3.63) is 76.7 Å². The quantitative estimate of drug-likeness (QED) is 0.665. The van der Waals surface area contributed by atoms with Crippen LogP contribution in [0.4, 0.5) is 15.9 Å². The molecule has 0 bridgehead atoms. The number of nitrogens with zero attached hydrogens (tertiary/aromatic N) is 2. The van der Waals surface area contributed by atoms with Gasteiger partial charge in [-0.15, -0.1) is 10.2 Å². The lowest BCUT2D eigenvalue weighted by Gasteiger charge is -2.10. The van der Waals surface area contributed by atoms with Gasteiger partial charge in [-0.25, -0.2) is 4.39 Å². The largest absolute Gasteiger partial charge is 0.496 e. The van der Waals surface area contributed by atoms with Crippen molar-refractivity contribution in [2.75, 3.05) is 17.7 Å². The number of aromatic nitrogens is 2. The predicted octanol–water partition coefficient (Wildman–Crippen LogP) is 4.14. The van der Waals surface area contributed by atoms with E-state index in [4.69, 9.17) is 16.3 Å². The number of halogens is 2. The molecule has 138 valence electrons. The standard InChI is InChI=1S/C19H16ClFN4O2/c1-27-17-5-3-2-4-12(17)11-22-18-9-8-16(24-25-18)19(26)23-13-6-7-15(21)14(20)10-13/h2-10H,11H2,1H3,(H,22,25)(H,23,26). The number of methoxy groups -OCH3 is 1. The third-order valence-corrected chi connectivity index (χ3v) is 4.02. The first kappa shape index (κ1) is 18.6. The second kappa shape index (κ2) is 8.46. The van der Waals surface area contributed by atoms with Crippen LogP contribution in [0.2, 0.25) is 5.02 Å². The fourth-order valence-corrected chi connectivity index (χ4v) is 2.53. The third kappa shape index (κ3) is 4.71. The molecule has 0 aliphatic heterocycles. The van der Waals surface area contributed by atoms with Gasteiger partial charge in [0.15, 0.2) is 5.69 Å². The summed E-state index contributed by atoms with van der Waals surface area (Å²) < 4.78 is 18.5. The molecule has 2 aromatic carbocycles. The molecule has 1 heterocycles. The highest BCUT2D eigenvalue weighted by Gasteiger charge is 2.10. The molecule has 0 aliphatic carbocycles. The summed E-state index contributed by atoms with van der Waals surface area (Å²) in [5.41, 5.74) is 1.46. The molecule has 0 atom stereocenters. The van der Waals surface area contributed by atoms with Crippen molar-refractivity contribution in [1.82, 2.24) is 10.2 Å². The molecule has 3 aromatic rings. The van der Waals surface area contributed by atoms with Crippen molar-refractivity contribution < 1.29 is 13.9 Å². The molecule has 0 radical (unpaired) electrons. The van der Waals surface area contributed by atoms with Crippen LogP contribution in [-0.2, 0) is 6.54 Å². The first-order valence-electron chi connectivity index (χ1n) is 8.02. The summed E-state index contributed by atoms with van der Waals surface area (Å²) in [7, 11) is 1.61. The number of nitrogens with one attached hydrogen (secondary N) is 2. The number of amides is 1. The molecule has 0 unspecified atom stereocenters. The lowest BCUT2D eigenvalue weighted by molar-refractivity contribution is 0.102. The van der Waals surface area contributed by atoms with Crippen LogP contribution in [0.1, 0.15) is 16.1 Å². The number of anilines is 2. The molecule has 0 saturated carbocycles. The third-order valence-electron chi connectivity index (χ3n) is 3.73. The van der Waals surface area contributed by atoms with Crippen molar-refractivity contribution in [3.63, 3.8) is 0 Å². The van der Waals surface area contributed by atoms with Crippen LogP contribution >= 0.6 is 11.6 Å². The predicted molar refractivity (Wildman–Crippen MR) is 102 cm³/mol. The van der Waals surface area contributed by atoms with Crippen LogP contribution < -0.4 is 15.4 Å². The van der Waals surface area contributed by atoms with Crippen LogP contribution in [0.5, 0.6) is 5.75 Å². The molecule has 1 amide bonds. The summed E-state index contributed by atoms with van der Waals surface area (Å²) in [6.45, 7) is 0.498. The fourth-order valence-electron chi connectivity index (χ4n) is 2.35. The van der Waals surface area contributed by atoms with Crippen LogP contribution in [0.25, 0.3) is 0 Å². The Morgan fingerprint density at radius 1 is 1.15 bits per heavy atom. The van der Waals surface area contributed by atoms with E-state index in [1.54, 1.807) is 13.2 Å². The minimum Gasteiger partial charge on any atom is -0.496 e. The summed E-state index contributed by atoms with van der Waals surface area (Å²) in [6, 6.07) is 14.7. The number of rotatable bonds is 6. The molecule has 0 saturated heterocycles. The van der Waals surface area contributed by atoms with Gasteiger partial charge in [-0.1, -0.05) is 29.8 Å². The van der Waals surface area contributed by atoms with E-state index in [1.165, 1.54) is 24.3 Å². The smallest absolute Gasteiger partial charge is 0.276 e. The molecular weight excluding hydrogens is 371 g/mol. The molecule has 8 heteroatoms. The fraction of sp³-hybridized carbons (Fsp3) is 0.105. The normalized spacial score (nSPS) is 10.3. The number of hydrogen-bond acceptors (Lipinski definition) is 5. The summed E-state index contributed by atoms with van der Waals surface area (Å²) in [4.78, 5) is 12.2. The van der Waals surface area contributed by atoms with Gasteiger partial charge < -0.3 is 15.4 Å². The van der Waals surface area contributed by atoms with Gasteiger partial charge in [0.2, 0.25) is 0 Å². The molecule has 1 aromatic heterocycles. The Kier molecular flexibility index (Phi) is 5.83. The summed E-state index contributed by atoms with van der Waals surface area (Å²) in [6.07, 6.45) is 0. The Morgan fingerprint density at radius 2 is 1.96 bits per heavy atom. The van der Waals surface area contributed by atoms with E-state index in [2.05, 4.69) is 20.8 Å². The maximum Gasteiger partial charge on any atom is 0.276 e. The lowest BCUT2D eigenvalue weighted by atomic mass is 10.2. The van der Waals surface area contributed by atoms with E-state index in [9.17, 15) is 9.18 Å². The monoisotopic (exact) mass is 386 g/mol. The second-order valence-electron chi connectivity index (χ2n) is 5.55. The molecule has 3 rings (SSSR count). The molecule has 0 aliphatic rings. The molecule has 27 heavy (non-hydrogen) atoms. The number of carbonyl (C=O) groups is 1. The van der Waals surface area contributed by atoms with Gasteiger partial charge in [0.25, 0.3) is 5.91 Å². The first-order chi connectivity index (χ1) is 13.1. The Morgan fingerprint density at radius 3 is 2.67 bits per heavy atom. The van der Waals surface area contributed by atoms with Gasteiger partial charge in [0.1, 0.15) is 17.4 Å². The molecular formula is C19H16ClFN4O2. The average molecular weight is 387 g/mol. The minimum absolute atomic E-state index is 0.0743. The Labute approximate surface area is 160 Å². The van der Waals surface area contributed by atoms with Crippen LogP contribution in [0, 0.1) is 5.82 Å². The Hall–Kier alpha value is -3.19. The van der Waals surface area contributed by atoms with Crippen molar-refractivity contribution in [3.8, 4) is 5.75 Å². The molecule has 2 N–H and O–H groups in total. The molecule has 0 fully saturated rings. The van der Waals surface area contributed by atoms with E-state index >= 15 is 0 Å². The lowest BCUT2D eigenvalue weighted by Crippen LogP contribution is -2.15. The highest BCUT2D eigenvalue weighted by molar-refractivity contribution is 6.31. The van der Waals surface area contributed by atoms with Crippen molar-refractivity contribution in [2.45, 2.75) is 6.54 Å². The number of carbonyl (C=O) groups excluding carboxylic acids is 1. The van der Waals surface area contributed by atoms with E-state index in [-0.39, 0.29) is 10.7 Å². The number of para-hydroxylation sites is 1. The average Bonchev–Trinajstić information content (AvgIpc) is 2.69. The van der Waals surface area contributed by atoms with E-state index in [1.807, 2.05) is 24.3 Å². The Bertz CT molecular complexity index is 951. The Balaban J connectivity index is 1.62. The van der Waals surface area contributed by atoms with Gasteiger partial charge in [-0.05, 0) is 36.4 Å². The summed E-state index contributed by atoms with van der Waals surface area (Å²) >= 11 is 5.70. The van der Waals surface area contributed by atoms with E-state index < -0.39 is 11.7 Å². The van der Waals surface area contributed by atoms with Crippen molar-refractivity contribution in [2.24, 2.45) is 0 Å². The van der Waals surface area contributed by atoms with Gasteiger partial charge in [0.05, 0.1) is 12.1 Å². The van der Waals surface area contributed by atoms with Crippen LogP contribution in [-0.4, -0.2) is 23.2 Å². The zero-order chi connectivity index (χ0) is 19.2. The van der Waals surface area contributed by atoms with Gasteiger partial charge in [-0.3, -0.25) is 4.79 Å². The highest BCUT2D eigenvalue weighted by Crippen LogP contribution is 2.20. The number of benzene rings is 2. The van der Waals surface area contributed by atoms with Crippen molar-refractivity contribution >= 4 is 29.0 Å². The second-order valence-corrected chi connectivity index (χ2v) is 5.96. The first-order valence-corrected chi connectivity index (χ1v) is 8.40. The maximum absolute atomic E-state index is 13.2. The maximum atomic E-state index is 13.2. The SMILES string of the molecule is COc1ccccc1CNc1ccc(C(=O)Nc2ccc(F)c(Cl)c2)nn1. The zero-order valence-corrected chi connectivity index (χ0v) is 15.1.